The van der Waals surface area contributed by atoms with E-state index in [4.69, 9.17) is 5.11 Å². The number of hydrogen-bond acceptors (Lipinski definition) is 5. The van der Waals surface area contributed by atoms with Gasteiger partial charge in [0.15, 0.2) is 5.82 Å². The van der Waals surface area contributed by atoms with Crippen LogP contribution in [0.3, 0.4) is 0 Å². The number of H-pyrrole nitrogens is 1. The molecule has 0 bridgehead atoms. The maximum absolute atomic E-state index is 11.0. The van der Waals surface area contributed by atoms with E-state index >= 15 is 0 Å². The van der Waals surface area contributed by atoms with Crippen molar-refractivity contribution in [1.82, 2.24) is 25.1 Å². The highest BCUT2D eigenvalue weighted by Crippen LogP contribution is 2.30. The Morgan fingerprint density at radius 3 is 3.05 bits per heavy atom. The van der Waals surface area contributed by atoms with Crippen LogP contribution >= 0.6 is 0 Å². The fraction of sp³-hybridized carbons (Fsp3) is 0.429. The van der Waals surface area contributed by atoms with Gasteiger partial charge in [0.05, 0.1) is 11.7 Å². The smallest absolute Gasteiger partial charge is 0.354 e. The normalized spacial score (nSPS) is 19.0. The second-order valence-corrected chi connectivity index (χ2v) is 5.23. The number of nitrogens with one attached hydrogen (secondary N) is 1. The van der Waals surface area contributed by atoms with Crippen LogP contribution in [0.5, 0.6) is 0 Å². The van der Waals surface area contributed by atoms with E-state index in [1.54, 1.807) is 6.07 Å². The molecule has 2 aromatic heterocycles. The van der Waals surface area contributed by atoms with Gasteiger partial charge in [0.25, 0.3) is 0 Å². The van der Waals surface area contributed by atoms with Crippen molar-refractivity contribution in [3.63, 3.8) is 0 Å². The Morgan fingerprint density at radius 1 is 1.48 bits per heavy atom. The molecule has 1 aliphatic heterocycles. The minimum atomic E-state index is -1.00. The number of aromatic carboxylic acids is 1. The van der Waals surface area contributed by atoms with E-state index in [1.165, 1.54) is 6.07 Å². The Hall–Kier alpha value is -2.28. The molecule has 7 heteroatoms. The van der Waals surface area contributed by atoms with Crippen LogP contribution in [0.25, 0.3) is 0 Å². The first-order chi connectivity index (χ1) is 10.1. The molecule has 21 heavy (non-hydrogen) atoms. The lowest BCUT2D eigenvalue weighted by Crippen LogP contribution is -2.24. The van der Waals surface area contributed by atoms with E-state index in [0.29, 0.717) is 6.54 Å². The van der Waals surface area contributed by atoms with Gasteiger partial charge in [0.2, 0.25) is 0 Å². The standard InChI is InChI=1S/C14H17N5O2/c1-9-15-13(18-17-9)12-6-3-7-19(12)8-10-4-2-5-11(16-10)14(20)21/h2,4-5,12H,3,6-8H2,1H3,(H,20,21)(H,15,17,18)/t12-/m0/s1. The van der Waals surface area contributed by atoms with E-state index < -0.39 is 5.97 Å². The van der Waals surface area contributed by atoms with Gasteiger partial charge < -0.3 is 5.11 Å². The largest absolute Gasteiger partial charge is 0.477 e. The molecule has 0 amide bonds. The average molecular weight is 287 g/mol. The molecule has 0 radical (unpaired) electrons. The molecule has 0 aliphatic carbocycles. The van der Waals surface area contributed by atoms with E-state index in [-0.39, 0.29) is 11.7 Å². The number of carboxylic acids is 1. The van der Waals surface area contributed by atoms with Crippen LogP contribution in [0.4, 0.5) is 0 Å². The minimum Gasteiger partial charge on any atom is -0.477 e. The summed E-state index contributed by atoms with van der Waals surface area (Å²) in [5.74, 6) is 0.613. The first-order valence-electron chi connectivity index (χ1n) is 6.95. The maximum Gasteiger partial charge on any atom is 0.354 e. The SMILES string of the molecule is Cc1nc([C@@H]2CCCN2Cc2cccc(C(=O)O)n2)n[nH]1. The molecule has 0 spiro atoms. The summed E-state index contributed by atoms with van der Waals surface area (Å²) in [7, 11) is 0. The van der Waals surface area contributed by atoms with Gasteiger partial charge in [-0.2, -0.15) is 5.10 Å². The van der Waals surface area contributed by atoms with Gasteiger partial charge in [-0.3, -0.25) is 10.00 Å². The highest BCUT2D eigenvalue weighted by molar-refractivity contribution is 5.85. The number of nitrogens with zero attached hydrogens (tertiary/aromatic N) is 4. The number of hydrogen-bond donors (Lipinski definition) is 2. The number of pyridine rings is 1. The van der Waals surface area contributed by atoms with Gasteiger partial charge in [-0.25, -0.2) is 14.8 Å². The van der Waals surface area contributed by atoms with Gasteiger partial charge in [-0.15, -0.1) is 0 Å². The third kappa shape index (κ3) is 2.92. The summed E-state index contributed by atoms with van der Waals surface area (Å²) >= 11 is 0. The highest BCUT2D eigenvalue weighted by Gasteiger charge is 2.29. The van der Waals surface area contributed by atoms with Crippen molar-refractivity contribution in [2.24, 2.45) is 0 Å². The van der Waals surface area contributed by atoms with Crippen molar-refractivity contribution in [2.75, 3.05) is 6.54 Å². The van der Waals surface area contributed by atoms with Gasteiger partial charge in [0.1, 0.15) is 11.5 Å². The molecular formula is C14H17N5O2. The summed E-state index contributed by atoms with van der Waals surface area (Å²) in [6.07, 6.45) is 2.09. The average Bonchev–Trinajstić information content (AvgIpc) is 3.08. The van der Waals surface area contributed by atoms with E-state index in [9.17, 15) is 4.79 Å². The van der Waals surface area contributed by atoms with Crippen molar-refractivity contribution < 1.29 is 9.90 Å². The van der Waals surface area contributed by atoms with E-state index in [0.717, 1.165) is 36.7 Å². The lowest BCUT2D eigenvalue weighted by Gasteiger charge is -2.21. The first kappa shape index (κ1) is 13.7. The zero-order chi connectivity index (χ0) is 14.8. The van der Waals surface area contributed by atoms with Crippen molar-refractivity contribution in [3.05, 3.63) is 41.2 Å². The fourth-order valence-corrected chi connectivity index (χ4v) is 2.71. The van der Waals surface area contributed by atoms with Crippen molar-refractivity contribution in [3.8, 4) is 0 Å². The molecule has 1 fully saturated rings. The number of rotatable bonds is 4. The molecule has 0 aromatic carbocycles. The lowest BCUT2D eigenvalue weighted by molar-refractivity contribution is 0.0690. The number of carboxylic acid groups (broad SMARTS) is 1. The Kier molecular flexibility index (Phi) is 3.66. The molecule has 1 aliphatic rings. The summed E-state index contributed by atoms with van der Waals surface area (Å²) in [5, 5.41) is 16.1. The molecule has 2 aromatic rings. The molecule has 2 N–H and O–H groups in total. The second kappa shape index (κ2) is 5.61. The van der Waals surface area contributed by atoms with Crippen LogP contribution in [0.15, 0.2) is 18.2 Å². The number of aromatic amines is 1. The topological polar surface area (TPSA) is 95.0 Å². The Balaban J connectivity index is 1.77. The highest BCUT2D eigenvalue weighted by atomic mass is 16.4. The molecule has 7 nitrogen and oxygen atoms in total. The predicted octanol–water partition coefficient (Wildman–Crippen LogP) is 1.54. The van der Waals surface area contributed by atoms with Crippen LogP contribution in [0.2, 0.25) is 0 Å². The number of carbonyl (C=O) groups is 1. The maximum atomic E-state index is 11.0. The predicted molar refractivity (Wildman–Crippen MR) is 74.7 cm³/mol. The van der Waals surface area contributed by atoms with E-state index in [2.05, 4.69) is 25.1 Å². The fourth-order valence-electron chi connectivity index (χ4n) is 2.71. The monoisotopic (exact) mass is 287 g/mol. The third-order valence-electron chi connectivity index (χ3n) is 3.67. The Bertz CT molecular complexity index is 654. The summed E-state index contributed by atoms with van der Waals surface area (Å²) in [4.78, 5) is 21.8. The quantitative estimate of drug-likeness (QED) is 0.885. The van der Waals surface area contributed by atoms with Crippen LogP contribution in [-0.4, -0.2) is 42.7 Å². The van der Waals surface area contributed by atoms with Crippen LogP contribution in [-0.2, 0) is 6.54 Å². The second-order valence-electron chi connectivity index (χ2n) is 5.23. The first-order valence-corrected chi connectivity index (χ1v) is 6.95. The van der Waals surface area contributed by atoms with Gasteiger partial charge in [0, 0.05) is 6.54 Å². The number of aryl methyl sites for hydroxylation is 1. The molecule has 0 unspecified atom stereocenters. The van der Waals surface area contributed by atoms with Crippen LogP contribution in [0.1, 0.15) is 46.7 Å². The zero-order valence-electron chi connectivity index (χ0n) is 11.8. The summed E-state index contributed by atoms with van der Waals surface area (Å²) in [5.41, 5.74) is 0.839. The zero-order valence-corrected chi connectivity index (χ0v) is 11.8. The summed E-state index contributed by atoms with van der Waals surface area (Å²) in [6, 6.07) is 5.26. The van der Waals surface area contributed by atoms with Crippen LogP contribution < -0.4 is 0 Å². The molecule has 3 rings (SSSR count). The molecule has 3 heterocycles. The lowest BCUT2D eigenvalue weighted by atomic mass is 10.2. The number of likely N-dealkylation sites (tertiary alicyclic amines) is 1. The van der Waals surface area contributed by atoms with Gasteiger partial charge in [-0.05, 0) is 38.4 Å². The third-order valence-corrected chi connectivity index (χ3v) is 3.67. The summed E-state index contributed by atoms with van der Waals surface area (Å²) in [6.45, 7) is 3.43. The van der Waals surface area contributed by atoms with Crippen molar-refractivity contribution >= 4 is 5.97 Å². The van der Waals surface area contributed by atoms with Gasteiger partial charge >= 0.3 is 5.97 Å². The van der Waals surface area contributed by atoms with Crippen molar-refractivity contribution in [2.45, 2.75) is 32.4 Å². The molecule has 1 saturated heterocycles. The van der Waals surface area contributed by atoms with Crippen LogP contribution in [0, 0.1) is 6.92 Å². The molecular weight excluding hydrogens is 270 g/mol. The Morgan fingerprint density at radius 2 is 2.33 bits per heavy atom. The van der Waals surface area contributed by atoms with Gasteiger partial charge in [-0.1, -0.05) is 6.07 Å². The molecule has 0 saturated carbocycles. The number of aromatic nitrogens is 4. The van der Waals surface area contributed by atoms with E-state index in [1.807, 2.05) is 13.0 Å². The Labute approximate surface area is 122 Å². The molecule has 110 valence electrons. The van der Waals surface area contributed by atoms with Crippen molar-refractivity contribution in [1.29, 1.82) is 0 Å². The molecule has 1 atom stereocenters. The minimum absolute atomic E-state index is 0.0805. The summed E-state index contributed by atoms with van der Waals surface area (Å²) < 4.78 is 0.